The monoisotopic (exact) mass is 354 g/mol. The molecule has 4 rings (SSSR count). The minimum atomic E-state index is -0.531. The SMILES string of the molecule is Nc1nc2cc(-c3nn(CCC(=O)NO)c4ncnc(N)c34)ccc2o1. The first-order chi connectivity index (χ1) is 12.6. The molecule has 0 spiro atoms. The molecular weight excluding hydrogens is 340 g/mol. The third kappa shape index (κ3) is 2.56. The van der Waals surface area contributed by atoms with Crippen LogP contribution >= 0.6 is 0 Å². The van der Waals surface area contributed by atoms with Crippen molar-refractivity contribution in [3.8, 4) is 11.3 Å². The van der Waals surface area contributed by atoms with Gasteiger partial charge in [-0.2, -0.15) is 10.1 Å². The molecule has 0 aliphatic carbocycles. The first-order valence-corrected chi connectivity index (χ1v) is 7.63. The van der Waals surface area contributed by atoms with Crippen molar-refractivity contribution in [1.82, 2.24) is 30.2 Å². The number of hydrogen-bond donors (Lipinski definition) is 4. The fourth-order valence-electron chi connectivity index (χ4n) is 2.74. The second kappa shape index (κ2) is 5.97. The van der Waals surface area contributed by atoms with Crippen molar-refractivity contribution in [3.05, 3.63) is 24.5 Å². The van der Waals surface area contributed by atoms with Crippen LogP contribution in [0.2, 0.25) is 0 Å². The number of anilines is 2. The van der Waals surface area contributed by atoms with Crippen LogP contribution in [0.5, 0.6) is 0 Å². The average molecular weight is 354 g/mol. The van der Waals surface area contributed by atoms with Crippen LogP contribution in [-0.2, 0) is 11.3 Å². The molecule has 0 bridgehead atoms. The van der Waals surface area contributed by atoms with E-state index in [9.17, 15) is 4.79 Å². The number of hydroxylamine groups is 1. The van der Waals surface area contributed by atoms with Crippen LogP contribution in [0, 0.1) is 0 Å². The number of nitrogens with zero attached hydrogens (tertiary/aromatic N) is 5. The van der Waals surface area contributed by atoms with E-state index in [1.54, 1.807) is 28.4 Å². The van der Waals surface area contributed by atoms with E-state index in [4.69, 9.17) is 21.1 Å². The predicted molar refractivity (Wildman–Crippen MR) is 91.7 cm³/mol. The number of aromatic nitrogens is 5. The van der Waals surface area contributed by atoms with Crippen LogP contribution < -0.4 is 16.9 Å². The van der Waals surface area contributed by atoms with Crippen LogP contribution in [0.15, 0.2) is 28.9 Å². The number of rotatable bonds is 4. The van der Waals surface area contributed by atoms with Crippen LogP contribution in [0.3, 0.4) is 0 Å². The Morgan fingerprint density at radius 2 is 2.15 bits per heavy atom. The van der Waals surface area contributed by atoms with E-state index in [-0.39, 0.29) is 24.8 Å². The maximum Gasteiger partial charge on any atom is 0.292 e. The highest BCUT2D eigenvalue weighted by molar-refractivity contribution is 5.99. The van der Waals surface area contributed by atoms with Gasteiger partial charge in [-0.1, -0.05) is 0 Å². The number of nitrogens with two attached hydrogens (primary N) is 2. The Labute approximate surface area is 145 Å². The molecule has 0 unspecified atom stereocenters. The van der Waals surface area contributed by atoms with Crippen molar-refractivity contribution in [2.24, 2.45) is 0 Å². The molecule has 0 saturated carbocycles. The molecule has 11 nitrogen and oxygen atoms in total. The van der Waals surface area contributed by atoms with Crippen LogP contribution in [-0.4, -0.2) is 35.8 Å². The minimum Gasteiger partial charge on any atom is -0.424 e. The van der Waals surface area contributed by atoms with Gasteiger partial charge >= 0.3 is 0 Å². The molecule has 3 aromatic heterocycles. The molecular formula is C15H14N8O3. The lowest BCUT2D eigenvalue weighted by molar-refractivity contribution is -0.129. The summed E-state index contributed by atoms with van der Waals surface area (Å²) >= 11 is 0. The summed E-state index contributed by atoms with van der Waals surface area (Å²) in [4.78, 5) is 23.7. The molecule has 0 radical (unpaired) electrons. The van der Waals surface area contributed by atoms with Crippen molar-refractivity contribution in [3.63, 3.8) is 0 Å². The van der Waals surface area contributed by atoms with Gasteiger partial charge < -0.3 is 15.9 Å². The predicted octanol–water partition coefficient (Wildman–Crippen LogP) is 0.694. The number of nitrogen functional groups attached to an aromatic ring is 2. The van der Waals surface area contributed by atoms with Crippen molar-refractivity contribution >= 4 is 39.9 Å². The Balaban J connectivity index is 1.86. The Morgan fingerprint density at radius 1 is 1.31 bits per heavy atom. The van der Waals surface area contributed by atoms with Crippen LogP contribution in [0.25, 0.3) is 33.4 Å². The number of aryl methyl sites for hydroxylation is 1. The number of carbonyl (C=O) groups is 1. The highest BCUT2D eigenvalue weighted by atomic mass is 16.5. The molecule has 26 heavy (non-hydrogen) atoms. The first kappa shape index (κ1) is 15.8. The fraction of sp³-hybridized carbons (Fsp3) is 0.133. The highest BCUT2D eigenvalue weighted by Crippen LogP contribution is 2.32. The molecule has 3 heterocycles. The number of oxazole rings is 1. The van der Waals surface area contributed by atoms with Crippen molar-refractivity contribution < 1.29 is 14.4 Å². The lowest BCUT2D eigenvalue weighted by atomic mass is 10.1. The first-order valence-electron chi connectivity index (χ1n) is 7.63. The smallest absolute Gasteiger partial charge is 0.292 e. The molecule has 132 valence electrons. The van der Waals surface area contributed by atoms with Crippen molar-refractivity contribution in [2.75, 3.05) is 11.5 Å². The van der Waals surface area contributed by atoms with Gasteiger partial charge in [0.15, 0.2) is 11.2 Å². The zero-order valence-corrected chi connectivity index (χ0v) is 13.4. The Hall–Kier alpha value is -3.73. The summed E-state index contributed by atoms with van der Waals surface area (Å²) in [5.41, 5.74) is 16.1. The molecule has 0 saturated heterocycles. The number of carbonyl (C=O) groups excluding carboxylic acids is 1. The molecule has 11 heteroatoms. The zero-order chi connectivity index (χ0) is 18.3. The van der Waals surface area contributed by atoms with Gasteiger partial charge in [0, 0.05) is 12.0 Å². The lowest BCUT2D eigenvalue weighted by Gasteiger charge is -2.01. The standard InChI is InChI=1S/C15H14N8O3/c16-13-11-12(7-1-2-9-8(5-7)20-15(17)26-9)21-23(4-3-10(24)22-25)14(11)19-6-18-13/h1-2,5-6,25H,3-4H2,(H2,17,20)(H,22,24)(H2,16,18,19). The number of hydrogen-bond acceptors (Lipinski definition) is 9. The summed E-state index contributed by atoms with van der Waals surface area (Å²) in [6.45, 7) is 0.207. The van der Waals surface area contributed by atoms with Crippen molar-refractivity contribution in [1.29, 1.82) is 0 Å². The van der Waals surface area contributed by atoms with Gasteiger partial charge in [-0.3, -0.25) is 10.0 Å². The second-order valence-corrected chi connectivity index (χ2v) is 5.55. The van der Waals surface area contributed by atoms with Gasteiger partial charge in [0.1, 0.15) is 23.4 Å². The van der Waals surface area contributed by atoms with Gasteiger partial charge in [0.05, 0.1) is 11.9 Å². The summed E-state index contributed by atoms with van der Waals surface area (Å²) in [7, 11) is 0. The second-order valence-electron chi connectivity index (χ2n) is 5.55. The fourth-order valence-corrected chi connectivity index (χ4v) is 2.74. The lowest BCUT2D eigenvalue weighted by Crippen LogP contribution is -2.20. The maximum atomic E-state index is 11.3. The quantitative estimate of drug-likeness (QED) is 0.304. The van der Waals surface area contributed by atoms with Gasteiger partial charge in [0.2, 0.25) is 5.91 Å². The third-order valence-electron chi connectivity index (χ3n) is 3.91. The molecule has 6 N–H and O–H groups in total. The summed E-state index contributed by atoms with van der Waals surface area (Å²) in [6, 6.07) is 5.38. The summed E-state index contributed by atoms with van der Waals surface area (Å²) in [5.74, 6) is -0.264. The molecule has 0 atom stereocenters. The molecule has 4 aromatic rings. The average Bonchev–Trinajstić information content (AvgIpc) is 3.19. The summed E-state index contributed by atoms with van der Waals surface area (Å²) < 4.78 is 6.82. The van der Waals surface area contributed by atoms with Crippen LogP contribution in [0.4, 0.5) is 11.8 Å². The van der Waals surface area contributed by atoms with Crippen LogP contribution in [0.1, 0.15) is 6.42 Å². The Kier molecular flexibility index (Phi) is 3.62. The molecule has 0 aliphatic rings. The molecule has 1 amide bonds. The van der Waals surface area contributed by atoms with E-state index in [1.807, 2.05) is 0 Å². The van der Waals surface area contributed by atoms with E-state index in [0.29, 0.717) is 27.8 Å². The van der Waals surface area contributed by atoms with E-state index in [0.717, 1.165) is 5.56 Å². The Bertz CT molecular complexity index is 1130. The van der Waals surface area contributed by atoms with E-state index >= 15 is 0 Å². The zero-order valence-electron chi connectivity index (χ0n) is 13.4. The van der Waals surface area contributed by atoms with E-state index in [2.05, 4.69) is 20.1 Å². The number of fused-ring (bicyclic) bond motifs is 2. The van der Waals surface area contributed by atoms with Gasteiger partial charge in [0.25, 0.3) is 6.01 Å². The number of benzene rings is 1. The Morgan fingerprint density at radius 3 is 2.96 bits per heavy atom. The number of nitrogens with one attached hydrogen (secondary N) is 1. The molecule has 1 aromatic carbocycles. The third-order valence-corrected chi connectivity index (χ3v) is 3.91. The topological polar surface area (TPSA) is 171 Å². The number of amides is 1. The maximum absolute atomic E-state index is 11.3. The molecule has 0 fully saturated rings. The summed E-state index contributed by atoms with van der Waals surface area (Å²) in [6.07, 6.45) is 1.35. The highest BCUT2D eigenvalue weighted by Gasteiger charge is 2.18. The molecule has 0 aliphatic heterocycles. The summed E-state index contributed by atoms with van der Waals surface area (Å²) in [5, 5.41) is 13.7. The van der Waals surface area contributed by atoms with E-state index in [1.165, 1.54) is 6.33 Å². The normalized spacial score (nSPS) is 11.3. The van der Waals surface area contributed by atoms with Crippen molar-refractivity contribution in [2.45, 2.75) is 13.0 Å². The van der Waals surface area contributed by atoms with Gasteiger partial charge in [-0.15, -0.1) is 0 Å². The largest absolute Gasteiger partial charge is 0.424 e. The van der Waals surface area contributed by atoms with E-state index < -0.39 is 5.91 Å². The van der Waals surface area contributed by atoms with Gasteiger partial charge in [-0.05, 0) is 18.2 Å². The van der Waals surface area contributed by atoms with Gasteiger partial charge in [-0.25, -0.2) is 20.1 Å². The minimum absolute atomic E-state index is 0.0233.